The summed E-state index contributed by atoms with van der Waals surface area (Å²) in [6.07, 6.45) is -4.52. The topological polar surface area (TPSA) is 89.7 Å². The summed E-state index contributed by atoms with van der Waals surface area (Å²) in [5.41, 5.74) is -0.302. The molecule has 92 valence electrons. The molecule has 1 N–H and O–H groups in total. The molecule has 8 heteroatoms. The summed E-state index contributed by atoms with van der Waals surface area (Å²) < 4.78 is 29.4. The van der Waals surface area contributed by atoms with Crippen molar-refractivity contribution in [3.8, 4) is 5.75 Å². The lowest BCUT2D eigenvalue weighted by molar-refractivity contribution is -0.387. The van der Waals surface area contributed by atoms with E-state index in [1.54, 1.807) is 0 Å². The maximum absolute atomic E-state index is 12.8. The fourth-order valence-electron chi connectivity index (χ4n) is 1.04. The van der Waals surface area contributed by atoms with Gasteiger partial charge in [0.2, 0.25) is 5.75 Å². The van der Waals surface area contributed by atoms with Gasteiger partial charge in [-0.15, -0.1) is 0 Å². The zero-order valence-electron chi connectivity index (χ0n) is 8.52. The van der Waals surface area contributed by atoms with Crippen molar-refractivity contribution in [2.45, 2.75) is 13.0 Å². The maximum atomic E-state index is 12.8. The number of ether oxygens (including phenoxy) is 1. The number of alkyl halides is 2. The van der Waals surface area contributed by atoms with Crippen molar-refractivity contribution in [1.29, 1.82) is 0 Å². The second kappa shape index (κ2) is 4.32. The van der Waals surface area contributed by atoms with Crippen LogP contribution in [-0.2, 0) is 4.79 Å². The lowest BCUT2D eigenvalue weighted by Gasteiger charge is -2.13. The average Bonchev–Trinajstić information content (AvgIpc) is 2.15. The molecular formula is C9H7F2NO5. The second-order valence-corrected chi connectivity index (χ2v) is 3.15. The van der Waals surface area contributed by atoms with E-state index in [1.807, 2.05) is 0 Å². The highest BCUT2D eigenvalue weighted by Crippen LogP contribution is 2.32. The molecule has 1 aromatic rings. The number of carboxylic acid groups (broad SMARTS) is 1. The molecule has 0 aliphatic carbocycles. The Bertz CT molecular complexity index is 474. The van der Waals surface area contributed by atoms with E-state index in [2.05, 4.69) is 4.74 Å². The minimum atomic E-state index is -4.52. The minimum Gasteiger partial charge on any atom is -0.474 e. The first-order valence-corrected chi connectivity index (χ1v) is 4.29. The van der Waals surface area contributed by atoms with Crippen molar-refractivity contribution in [3.63, 3.8) is 0 Å². The molecule has 0 fully saturated rings. The number of halogens is 2. The number of carbonyl (C=O) groups is 1. The Morgan fingerprint density at radius 2 is 2.12 bits per heavy atom. The third kappa shape index (κ3) is 2.86. The molecular weight excluding hydrogens is 240 g/mol. The van der Waals surface area contributed by atoms with Crippen LogP contribution < -0.4 is 4.74 Å². The molecule has 6 nitrogen and oxygen atoms in total. The molecule has 0 amide bonds. The third-order valence-electron chi connectivity index (χ3n) is 1.80. The number of benzene rings is 1. The molecule has 0 aliphatic heterocycles. The zero-order valence-corrected chi connectivity index (χ0v) is 8.52. The van der Waals surface area contributed by atoms with Crippen LogP contribution in [0.25, 0.3) is 0 Å². The van der Waals surface area contributed by atoms with Gasteiger partial charge in [0, 0.05) is 6.07 Å². The molecule has 17 heavy (non-hydrogen) atoms. The fraction of sp³-hybridized carbons (Fsp3) is 0.222. The molecule has 0 bridgehead atoms. The predicted molar refractivity (Wildman–Crippen MR) is 51.0 cm³/mol. The largest absolute Gasteiger partial charge is 0.502 e. The van der Waals surface area contributed by atoms with Gasteiger partial charge in [0.15, 0.2) is 0 Å². The predicted octanol–water partition coefficient (Wildman–Crippen LogP) is 1.96. The molecule has 0 radical (unpaired) electrons. The number of aliphatic carboxylic acids is 1. The first-order chi connectivity index (χ1) is 7.74. The van der Waals surface area contributed by atoms with Crippen molar-refractivity contribution >= 4 is 11.7 Å². The lowest BCUT2D eigenvalue weighted by atomic mass is 10.2. The molecule has 0 saturated heterocycles. The van der Waals surface area contributed by atoms with Gasteiger partial charge in [-0.25, -0.2) is 4.79 Å². The minimum absolute atomic E-state index is 0.423. The Morgan fingerprint density at radius 3 is 2.59 bits per heavy atom. The first kappa shape index (κ1) is 12.8. The van der Waals surface area contributed by atoms with Crippen LogP contribution in [0.1, 0.15) is 5.56 Å². The summed E-state index contributed by atoms with van der Waals surface area (Å²) in [5.74, 6) is -3.31. The number of nitrogens with zero attached hydrogens (tertiary/aromatic N) is 1. The standard InChI is InChI=1S/C9H7F2NO5/c1-5-2-3-6(12(15)16)7(4-5)17-9(10,11)8(13)14/h2-4H,1H3,(H,13,14). The molecule has 0 heterocycles. The van der Waals surface area contributed by atoms with E-state index in [0.717, 1.165) is 12.1 Å². The van der Waals surface area contributed by atoms with Gasteiger partial charge >= 0.3 is 17.8 Å². The second-order valence-electron chi connectivity index (χ2n) is 3.15. The van der Waals surface area contributed by atoms with Crippen LogP contribution in [0.2, 0.25) is 0 Å². The molecule has 0 saturated carbocycles. The highest BCUT2D eigenvalue weighted by molar-refractivity contribution is 5.74. The SMILES string of the molecule is Cc1ccc([N+](=O)[O-])c(OC(F)(F)C(=O)O)c1. The Morgan fingerprint density at radius 1 is 1.53 bits per heavy atom. The zero-order chi connectivity index (χ0) is 13.2. The quantitative estimate of drug-likeness (QED) is 0.648. The molecule has 1 rings (SSSR count). The summed E-state index contributed by atoms with van der Waals surface area (Å²) in [6.45, 7) is 1.50. The van der Waals surface area contributed by atoms with E-state index in [4.69, 9.17) is 5.11 Å². The van der Waals surface area contributed by atoms with E-state index in [1.165, 1.54) is 13.0 Å². The maximum Gasteiger partial charge on any atom is 0.502 e. The van der Waals surface area contributed by atoms with Gasteiger partial charge in [-0.2, -0.15) is 8.78 Å². The van der Waals surface area contributed by atoms with Gasteiger partial charge in [0.25, 0.3) is 0 Å². The summed E-state index contributed by atoms with van der Waals surface area (Å²) in [4.78, 5) is 19.7. The average molecular weight is 247 g/mol. The molecule has 0 atom stereocenters. The van der Waals surface area contributed by atoms with Crippen LogP contribution in [0.4, 0.5) is 14.5 Å². The Hall–Kier alpha value is -2.25. The van der Waals surface area contributed by atoms with Gasteiger partial charge in [-0.05, 0) is 18.6 Å². The highest BCUT2D eigenvalue weighted by Gasteiger charge is 2.43. The van der Waals surface area contributed by atoms with E-state index in [0.29, 0.717) is 5.56 Å². The number of rotatable bonds is 4. The van der Waals surface area contributed by atoms with Crippen LogP contribution in [0.15, 0.2) is 18.2 Å². The van der Waals surface area contributed by atoms with Crippen LogP contribution in [-0.4, -0.2) is 22.1 Å². The summed E-state index contributed by atoms with van der Waals surface area (Å²) in [5, 5.41) is 18.7. The molecule has 0 aliphatic rings. The Balaban J connectivity index is 3.17. The number of carboxylic acids is 1. The van der Waals surface area contributed by atoms with E-state index >= 15 is 0 Å². The Labute approximate surface area is 93.6 Å². The lowest BCUT2D eigenvalue weighted by Crippen LogP contribution is -2.35. The number of aryl methyl sites for hydroxylation is 1. The number of nitro benzene ring substituents is 1. The summed E-state index contributed by atoms with van der Waals surface area (Å²) >= 11 is 0. The number of nitro groups is 1. The van der Waals surface area contributed by atoms with Crippen molar-refractivity contribution < 1.29 is 28.3 Å². The van der Waals surface area contributed by atoms with Gasteiger partial charge in [0.1, 0.15) is 0 Å². The van der Waals surface area contributed by atoms with E-state index in [-0.39, 0.29) is 0 Å². The van der Waals surface area contributed by atoms with Gasteiger partial charge in [-0.3, -0.25) is 10.1 Å². The van der Waals surface area contributed by atoms with Crippen LogP contribution >= 0.6 is 0 Å². The smallest absolute Gasteiger partial charge is 0.474 e. The molecule has 0 spiro atoms. The van der Waals surface area contributed by atoms with Crippen LogP contribution in [0.3, 0.4) is 0 Å². The molecule has 1 aromatic carbocycles. The number of hydrogen-bond donors (Lipinski definition) is 1. The summed E-state index contributed by atoms with van der Waals surface area (Å²) in [7, 11) is 0. The fourth-order valence-corrected chi connectivity index (χ4v) is 1.04. The van der Waals surface area contributed by atoms with Crippen LogP contribution in [0, 0.1) is 17.0 Å². The van der Waals surface area contributed by atoms with Crippen molar-refractivity contribution in [2.24, 2.45) is 0 Å². The monoisotopic (exact) mass is 247 g/mol. The Kier molecular flexibility index (Phi) is 3.26. The van der Waals surface area contributed by atoms with Gasteiger partial charge in [-0.1, -0.05) is 6.07 Å². The van der Waals surface area contributed by atoms with E-state index in [9.17, 15) is 23.7 Å². The van der Waals surface area contributed by atoms with Crippen molar-refractivity contribution in [3.05, 3.63) is 33.9 Å². The van der Waals surface area contributed by atoms with Crippen LogP contribution in [0.5, 0.6) is 5.75 Å². The molecule has 0 unspecified atom stereocenters. The van der Waals surface area contributed by atoms with Gasteiger partial charge < -0.3 is 9.84 Å². The summed E-state index contributed by atoms with van der Waals surface area (Å²) in [6, 6.07) is 3.25. The normalized spacial score (nSPS) is 11.0. The van der Waals surface area contributed by atoms with Crippen molar-refractivity contribution in [2.75, 3.05) is 0 Å². The van der Waals surface area contributed by atoms with Crippen molar-refractivity contribution in [1.82, 2.24) is 0 Å². The van der Waals surface area contributed by atoms with Gasteiger partial charge in [0.05, 0.1) is 4.92 Å². The first-order valence-electron chi connectivity index (χ1n) is 4.29. The molecule has 0 aromatic heterocycles. The van der Waals surface area contributed by atoms with E-state index < -0.39 is 28.4 Å². The highest BCUT2D eigenvalue weighted by atomic mass is 19.3. The number of hydrogen-bond acceptors (Lipinski definition) is 4. The third-order valence-corrected chi connectivity index (χ3v) is 1.80.